The first-order valence-corrected chi connectivity index (χ1v) is 6.27. The molecular weight excluding hydrogens is 204 g/mol. The molecule has 0 spiro atoms. The summed E-state index contributed by atoms with van der Waals surface area (Å²) in [5.74, 6) is 0.635. The Hall–Kier alpha value is -0.610. The Kier molecular flexibility index (Phi) is 3.50. The highest BCUT2D eigenvalue weighted by Crippen LogP contribution is 2.27. The molecule has 1 aliphatic carbocycles. The molecule has 4 heteroatoms. The highest BCUT2D eigenvalue weighted by atomic mass is 16.3. The second kappa shape index (κ2) is 4.72. The van der Waals surface area contributed by atoms with E-state index in [4.69, 9.17) is 0 Å². The quantitative estimate of drug-likeness (QED) is 0.647. The van der Waals surface area contributed by atoms with Gasteiger partial charge in [-0.15, -0.1) is 0 Å². The number of hydrogen-bond donors (Lipinski definition) is 3. The first-order valence-electron chi connectivity index (χ1n) is 6.27. The van der Waals surface area contributed by atoms with Gasteiger partial charge in [0.05, 0.1) is 11.5 Å². The zero-order chi connectivity index (χ0) is 11.6. The van der Waals surface area contributed by atoms with Crippen molar-refractivity contribution in [3.63, 3.8) is 0 Å². The van der Waals surface area contributed by atoms with E-state index in [9.17, 15) is 9.90 Å². The number of aliphatic hydroxyl groups excluding tert-OH is 1. The van der Waals surface area contributed by atoms with Crippen molar-refractivity contribution in [1.29, 1.82) is 0 Å². The maximum Gasteiger partial charge on any atom is 0.227 e. The van der Waals surface area contributed by atoms with Crippen LogP contribution in [-0.2, 0) is 4.79 Å². The first-order chi connectivity index (χ1) is 7.60. The monoisotopic (exact) mass is 226 g/mol. The smallest absolute Gasteiger partial charge is 0.227 e. The molecule has 3 unspecified atom stereocenters. The van der Waals surface area contributed by atoms with Gasteiger partial charge in [-0.1, -0.05) is 0 Å². The fourth-order valence-corrected chi connectivity index (χ4v) is 2.70. The number of hydrogen-bond acceptors (Lipinski definition) is 3. The van der Waals surface area contributed by atoms with Crippen LogP contribution in [0.4, 0.5) is 0 Å². The van der Waals surface area contributed by atoms with E-state index < -0.39 is 0 Å². The Morgan fingerprint density at radius 1 is 1.56 bits per heavy atom. The van der Waals surface area contributed by atoms with Gasteiger partial charge in [0.15, 0.2) is 0 Å². The highest BCUT2D eigenvalue weighted by molar-refractivity contribution is 5.82. The van der Waals surface area contributed by atoms with Crippen LogP contribution in [0.5, 0.6) is 0 Å². The summed E-state index contributed by atoms with van der Waals surface area (Å²) >= 11 is 0. The van der Waals surface area contributed by atoms with E-state index in [1.165, 1.54) is 0 Å². The Balaban J connectivity index is 1.75. The molecule has 0 bridgehead atoms. The minimum absolute atomic E-state index is 0.148. The molecule has 1 saturated heterocycles. The number of nitrogens with one attached hydrogen (secondary N) is 2. The summed E-state index contributed by atoms with van der Waals surface area (Å²) in [4.78, 5) is 12.0. The molecule has 3 atom stereocenters. The van der Waals surface area contributed by atoms with Crippen molar-refractivity contribution in [3.8, 4) is 0 Å². The normalized spacial score (nSPS) is 38.9. The fourth-order valence-electron chi connectivity index (χ4n) is 2.70. The minimum atomic E-state index is -0.225. The third kappa shape index (κ3) is 2.55. The third-order valence-electron chi connectivity index (χ3n) is 3.98. The molecule has 1 amide bonds. The summed E-state index contributed by atoms with van der Waals surface area (Å²) < 4.78 is 0. The van der Waals surface area contributed by atoms with Crippen molar-refractivity contribution in [1.82, 2.24) is 10.6 Å². The average molecular weight is 226 g/mol. The minimum Gasteiger partial charge on any atom is -0.393 e. The lowest BCUT2D eigenvalue weighted by atomic mass is 9.88. The number of amides is 1. The second-order valence-corrected chi connectivity index (χ2v) is 5.53. The van der Waals surface area contributed by atoms with E-state index in [1.807, 2.05) is 6.92 Å². The first kappa shape index (κ1) is 11.9. The molecule has 0 aromatic carbocycles. The summed E-state index contributed by atoms with van der Waals surface area (Å²) in [5.41, 5.74) is -0.225. The predicted molar refractivity (Wildman–Crippen MR) is 62.0 cm³/mol. The van der Waals surface area contributed by atoms with Gasteiger partial charge in [-0.25, -0.2) is 0 Å². The molecule has 1 aliphatic heterocycles. The van der Waals surface area contributed by atoms with Gasteiger partial charge in [0, 0.05) is 13.1 Å². The third-order valence-corrected chi connectivity index (χ3v) is 3.98. The summed E-state index contributed by atoms with van der Waals surface area (Å²) in [5, 5.41) is 15.7. The Bertz CT molecular complexity index is 262. The van der Waals surface area contributed by atoms with Crippen LogP contribution in [0.15, 0.2) is 0 Å². The maximum absolute atomic E-state index is 12.0. The lowest BCUT2D eigenvalue weighted by molar-refractivity contribution is -0.129. The molecule has 0 radical (unpaired) electrons. The van der Waals surface area contributed by atoms with Crippen molar-refractivity contribution in [2.24, 2.45) is 11.3 Å². The number of rotatable bonds is 3. The highest BCUT2D eigenvalue weighted by Gasteiger charge is 2.36. The van der Waals surface area contributed by atoms with E-state index in [2.05, 4.69) is 10.6 Å². The summed E-state index contributed by atoms with van der Waals surface area (Å²) in [7, 11) is 0. The molecular formula is C12H22N2O2. The van der Waals surface area contributed by atoms with Gasteiger partial charge in [-0.2, -0.15) is 0 Å². The number of carbonyl (C=O) groups is 1. The van der Waals surface area contributed by atoms with Crippen molar-refractivity contribution in [3.05, 3.63) is 0 Å². The molecule has 16 heavy (non-hydrogen) atoms. The van der Waals surface area contributed by atoms with Gasteiger partial charge < -0.3 is 15.7 Å². The topological polar surface area (TPSA) is 61.4 Å². The lowest BCUT2D eigenvalue weighted by Gasteiger charge is -2.22. The van der Waals surface area contributed by atoms with Crippen LogP contribution in [-0.4, -0.2) is 36.8 Å². The molecule has 4 nitrogen and oxygen atoms in total. The van der Waals surface area contributed by atoms with E-state index in [0.29, 0.717) is 5.92 Å². The van der Waals surface area contributed by atoms with Crippen LogP contribution < -0.4 is 10.6 Å². The molecule has 2 rings (SSSR count). The van der Waals surface area contributed by atoms with Crippen LogP contribution >= 0.6 is 0 Å². The molecule has 2 fully saturated rings. The number of aliphatic hydroxyl groups is 1. The fraction of sp³-hybridized carbons (Fsp3) is 0.917. The van der Waals surface area contributed by atoms with Crippen LogP contribution in [0, 0.1) is 11.3 Å². The molecule has 0 aromatic rings. The van der Waals surface area contributed by atoms with E-state index in [-0.39, 0.29) is 17.4 Å². The van der Waals surface area contributed by atoms with Crippen molar-refractivity contribution in [2.75, 3.05) is 19.6 Å². The molecule has 2 aliphatic rings. The van der Waals surface area contributed by atoms with Crippen LogP contribution in [0.1, 0.15) is 32.6 Å². The zero-order valence-electron chi connectivity index (χ0n) is 9.96. The predicted octanol–water partition coefficient (Wildman–Crippen LogP) is 0.263. The molecule has 92 valence electrons. The summed E-state index contributed by atoms with van der Waals surface area (Å²) in [6.07, 6.45) is 3.54. The summed E-state index contributed by atoms with van der Waals surface area (Å²) in [6.45, 7) is 4.47. The molecule has 1 saturated carbocycles. The molecule has 0 aromatic heterocycles. The van der Waals surface area contributed by atoms with Gasteiger partial charge in [0.2, 0.25) is 5.91 Å². The standard InChI is InChI=1S/C12H22N2O2/c1-12(4-5-13-8-12)11(16)14-7-9-2-3-10(15)6-9/h9-10,13,15H,2-8H2,1H3,(H,14,16). The summed E-state index contributed by atoms with van der Waals surface area (Å²) in [6, 6.07) is 0. The number of carbonyl (C=O) groups excluding carboxylic acids is 1. The van der Waals surface area contributed by atoms with Crippen LogP contribution in [0.25, 0.3) is 0 Å². The Morgan fingerprint density at radius 2 is 2.38 bits per heavy atom. The van der Waals surface area contributed by atoms with Crippen molar-refractivity contribution >= 4 is 5.91 Å². The van der Waals surface area contributed by atoms with Gasteiger partial charge in [-0.05, 0) is 45.1 Å². The Morgan fingerprint density at radius 3 is 2.94 bits per heavy atom. The molecule has 3 N–H and O–H groups in total. The van der Waals surface area contributed by atoms with Crippen LogP contribution in [0.2, 0.25) is 0 Å². The van der Waals surface area contributed by atoms with Crippen molar-refractivity contribution in [2.45, 2.75) is 38.7 Å². The SMILES string of the molecule is CC1(C(=O)NCC2CCC(O)C2)CCNC1. The van der Waals surface area contributed by atoms with Gasteiger partial charge in [-0.3, -0.25) is 4.79 Å². The maximum atomic E-state index is 12.0. The largest absolute Gasteiger partial charge is 0.393 e. The van der Waals surface area contributed by atoms with Gasteiger partial charge >= 0.3 is 0 Å². The Labute approximate surface area is 96.8 Å². The van der Waals surface area contributed by atoms with E-state index >= 15 is 0 Å². The zero-order valence-corrected chi connectivity index (χ0v) is 9.96. The van der Waals surface area contributed by atoms with E-state index in [0.717, 1.165) is 45.3 Å². The van der Waals surface area contributed by atoms with Crippen molar-refractivity contribution < 1.29 is 9.90 Å². The van der Waals surface area contributed by atoms with Crippen LogP contribution in [0.3, 0.4) is 0 Å². The lowest BCUT2D eigenvalue weighted by Crippen LogP contribution is -2.42. The molecule has 1 heterocycles. The second-order valence-electron chi connectivity index (χ2n) is 5.53. The van der Waals surface area contributed by atoms with Gasteiger partial charge in [0.25, 0.3) is 0 Å². The average Bonchev–Trinajstić information content (AvgIpc) is 2.85. The van der Waals surface area contributed by atoms with Gasteiger partial charge in [0.1, 0.15) is 0 Å². The van der Waals surface area contributed by atoms with E-state index in [1.54, 1.807) is 0 Å².